The third-order valence-corrected chi connectivity index (χ3v) is 0. The zero-order chi connectivity index (χ0) is 3.58. The Morgan fingerprint density at radius 1 is 1.50 bits per heavy atom. The molecule has 0 saturated carbocycles. The average molecular weight is 315 g/mol. The van der Waals surface area contributed by atoms with Gasteiger partial charge in [0.2, 0.25) is 0 Å². The van der Waals surface area contributed by atoms with Crippen LogP contribution in [0.4, 0.5) is 0 Å². The molecule has 0 spiro atoms. The molecule has 2 radical (unpaired) electrons. The summed E-state index contributed by atoms with van der Waals surface area (Å²) in [5.74, 6) is 0. The Hall–Kier alpha value is 1.99. The SMILES string of the molecule is O=S(O)O.[H-].[Na+].[PbH2]. The molecule has 0 aliphatic heterocycles. The topological polar surface area (TPSA) is 57.5 Å². The standard InChI is InChI=1S/Na.H2O3S.Pb.3H/c;1-4(2)3;;;;/h;(H2,1,2,3);;;;/q+1;;;;;-1. The normalized spacial score (nSPS) is 5.83. The second-order valence-electron chi connectivity index (χ2n) is 0.231. The van der Waals surface area contributed by atoms with Gasteiger partial charge < -0.3 is 1.43 Å². The molecule has 0 saturated heterocycles. The van der Waals surface area contributed by atoms with Gasteiger partial charge in [0.15, 0.2) is 0 Å². The molecule has 0 aliphatic rings. The molecule has 0 aromatic carbocycles. The second kappa shape index (κ2) is 10.1. The zero-order valence-electron chi connectivity index (χ0n) is 4.42. The Bertz CT molecular complexity index is 37.9. The zero-order valence-corrected chi connectivity index (χ0v) is 11.7. The van der Waals surface area contributed by atoms with E-state index in [9.17, 15) is 0 Å². The molecule has 0 atom stereocenters. The van der Waals surface area contributed by atoms with Crippen molar-refractivity contribution < 1.29 is 44.3 Å². The van der Waals surface area contributed by atoms with Crippen LogP contribution in [-0.4, -0.2) is 40.6 Å². The summed E-state index contributed by atoms with van der Waals surface area (Å²) < 4.78 is 22.8. The van der Waals surface area contributed by atoms with Crippen molar-refractivity contribution in [2.75, 3.05) is 0 Å². The van der Waals surface area contributed by atoms with E-state index in [-0.39, 0.29) is 58.3 Å². The molecule has 0 rings (SSSR count). The summed E-state index contributed by atoms with van der Waals surface area (Å²) >= 11 is -2.61. The van der Waals surface area contributed by atoms with Crippen LogP contribution in [0.5, 0.6) is 0 Å². The molecule has 0 aromatic heterocycles. The summed E-state index contributed by atoms with van der Waals surface area (Å²) in [5, 5.41) is 0. The van der Waals surface area contributed by atoms with Gasteiger partial charge in [-0.05, 0) is 0 Å². The van der Waals surface area contributed by atoms with Crippen molar-refractivity contribution in [2.45, 2.75) is 0 Å². The van der Waals surface area contributed by atoms with Crippen LogP contribution in [0, 0.1) is 0 Å². The number of hydrogen-bond donors (Lipinski definition) is 2. The van der Waals surface area contributed by atoms with E-state index in [0.29, 0.717) is 0 Å². The van der Waals surface area contributed by atoms with Gasteiger partial charge in [-0.15, -0.1) is 0 Å². The summed E-state index contributed by atoms with van der Waals surface area (Å²) in [5.41, 5.74) is 0. The van der Waals surface area contributed by atoms with Gasteiger partial charge in [0.05, 0.1) is 0 Å². The van der Waals surface area contributed by atoms with E-state index in [0.717, 1.165) is 0 Å². The number of rotatable bonds is 0. The molecule has 0 bridgehead atoms. The van der Waals surface area contributed by atoms with Gasteiger partial charge in [-0.2, -0.15) is 4.21 Å². The monoisotopic (exact) mass is 316 g/mol. The summed E-state index contributed by atoms with van der Waals surface area (Å²) in [6, 6.07) is 0. The Morgan fingerprint density at radius 2 is 1.50 bits per heavy atom. The first kappa shape index (κ1) is 15.7. The Balaban J connectivity index is -0.0000000150. The van der Waals surface area contributed by atoms with Crippen LogP contribution in [0.25, 0.3) is 0 Å². The molecule has 6 heteroatoms. The van der Waals surface area contributed by atoms with E-state index in [1.807, 2.05) is 0 Å². The third kappa shape index (κ3) is 37.6. The van der Waals surface area contributed by atoms with Crippen LogP contribution in [0.3, 0.4) is 0 Å². The number of hydrogen-bond acceptors (Lipinski definition) is 1. The Kier molecular flexibility index (Phi) is 26.3. The third-order valence-electron chi connectivity index (χ3n) is 0. The summed E-state index contributed by atoms with van der Waals surface area (Å²) in [4.78, 5) is 0. The van der Waals surface area contributed by atoms with Crippen LogP contribution in [0.2, 0.25) is 0 Å². The van der Waals surface area contributed by atoms with Crippen LogP contribution in [0.1, 0.15) is 1.43 Å². The van der Waals surface area contributed by atoms with E-state index in [2.05, 4.69) is 0 Å². The van der Waals surface area contributed by atoms with Crippen LogP contribution in [-0.2, 0) is 11.4 Å². The molecule has 0 heterocycles. The molecule has 0 unspecified atom stereocenters. The predicted molar refractivity (Wildman–Crippen MR) is 23.1 cm³/mol. The van der Waals surface area contributed by atoms with Gasteiger partial charge in [-0.3, -0.25) is 9.11 Å². The molecule has 3 nitrogen and oxygen atoms in total. The van der Waals surface area contributed by atoms with Crippen molar-refractivity contribution in [1.82, 2.24) is 0 Å². The van der Waals surface area contributed by atoms with E-state index < -0.39 is 11.4 Å². The first-order valence-corrected chi connectivity index (χ1v) is 1.60. The van der Waals surface area contributed by atoms with Crippen molar-refractivity contribution in [2.24, 2.45) is 0 Å². The summed E-state index contributed by atoms with van der Waals surface area (Å²) in [7, 11) is 0. The maximum absolute atomic E-state index is 8.67. The molecular weight excluding hydrogens is 310 g/mol. The van der Waals surface area contributed by atoms with E-state index in [1.54, 1.807) is 0 Å². The molecule has 0 aromatic rings. The fourth-order valence-corrected chi connectivity index (χ4v) is 0. The van der Waals surface area contributed by atoms with Crippen LogP contribution >= 0.6 is 0 Å². The van der Waals surface area contributed by atoms with Crippen LogP contribution < -0.4 is 29.6 Å². The molecule has 0 fully saturated rings. The minimum absolute atomic E-state index is 0. The second-order valence-corrected chi connectivity index (χ2v) is 0.692. The quantitative estimate of drug-likeness (QED) is 0.353. The van der Waals surface area contributed by atoms with E-state index in [4.69, 9.17) is 13.3 Å². The van der Waals surface area contributed by atoms with E-state index >= 15 is 0 Å². The molecule has 6 heavy (non-hydrogen) atoms. The summed E-state index contributed by atoms with van der Waals surface area (Å²) in [6.45, 7) is 0. The first-order chi connectivity index (χ1) is 1.73. The van der Waals surface area contributed by atoms with Gasteiger partial charge in [-0.25, -0.2) is 0 Å². The molecule has 0 amide bonds. The van der Waals surface area contributed by atoms with Gasteiger partial charge in [0.25, 0.3) is 11.4 Å². The van der Waals surface area contributed by atoms with Crippen LogP contribution in [0.15, 0.2) is 0 Å². The molecule has 34 valence electrons. The van der Waals surface area contributed by atoms with E-state index in [1.165, 1.54) is 0 Å². The molecular formula is H5NaO3PbS. The Labute approximate surface area is 81.9 Å². The van der Waals surface area contributed by atoms with Gasteiger partial charge in [-0.1, -0.05) is 0 Å². The minimum atomic E-state index is -2.61. The maximum atomic E-state index is 8.67. The van der Waals surface area contributed by atoms with Crippen molar-refractivity contribution in [3.63, 3.8) is 0 Å². The van der Waals surface area contributed by atoms with Gasteiger partial charge in [0, 0.05) is 0 Å². The predicted octanol–water partition coefficient (Wildman–Crippen LogP) is -4.12. The summed E-state index contributed by atoms with van der Waals surface area (Å²) in [6.07, 6.45) is 0. The average Bonchev–Trinajstić information content (AvgIpc) is 0.811. The fraction of sp³-hybridized carbons (Fsp3) is 0. The van der Waals surface area contributed by atoms with Crippen molar-refractivity contribution in [1.29, 1.82) is 0 Å². The van der Waals surface area contributed by atoms with Crippen molar-refractivity contribution in [3.05, 3.63) is 0 Å². The van der Waals surface area contributed by atoms with Gasteiger partial charge >= 0.3 is 56.9 Å². The Morgan fingerprint density at radius 3 is 1.50 bits per heavy atom. The van der Waals surface area contributed by atoms with Gasteiger partial charge in [0.1, 0.15) is 0 Å². The van der Waals surface area contributed by atoms with Crippen molar-refractivity contribution >= 4 is 38.7 Å². The fourth-order valence-electron chi connectivity index (χ4n) is 0. The van der Waals surface area contributed by atoms with Crippen molar-refractivity contribution in [3.8, 4) is 0 Å². The first-order valence-electron chi connectivity index (χ1n) is 0.532. The molecule has 2 N–H and O–H groups in total. The molecule has 0 aliphatic carbocycles.